The molecule has 2 heterocycles. The number of rotatable bonds is 5. The van der Waals surface area contributed by atoms with Crippen LogP contribution in [0.3, 0.4) is 0 Å². The zero-order chi connectivity index (χ0) is 15.6. The summed E-state index contributed by atoms with van der Waals surface area (Å²) in [6, 6.07) is 3.45. The largest absolute Gasteiger partial charge is 0.347 e. The molecule has 2 rings (SSSR count). The Morgan fingerprint density at radius 2 is 2.14 bits per heavy atom. The predicted octanol–water partition coefficient (Wildman–Crippen LogP) is 0.815. The van der Waals surface area contributed by atoms with E-state index in [1.165, 1.54) is 10.6 Å². The van der Waals surface area contributed by atoms with Crippen molar-refractivity contribution < 1.29 is 13.2 Å². The number of hydrogen-bond acceptors (Lipinski definition) is 3. The van der Waals surface area contributed by atoms with Gasteiger partial charge in [0.2, 0.25) is 10.0 Å². The first-order valence-corrected chi connectivity index (χ1v) is 9.05. The second-order valence-corrected chi connectivity index (χ2v) is 7.70. The summed E-state index contributed by atoms with van der Waals surface area (Å²) >= 11 is 0. The van der Waals surface area contributed by atoms with Gasteiger partial charge in [-0.1, -0.05) is 13.3 Å². The molecule has 0 aromatic carbocycles. The molecule has 1 aromatic rings. The fraction of sp³-hybridized carbons (Fsp3) is 0.643. The molecule has 1 fully saturated rings. The summed E-state index contributed by atoms with van der Waals surface area (Å²) in [6.07, 6.45) is 4.91. The number of sulfonamides is 1. The average molecular weight is 313 g/mol. The highest BCUT2D eigenvalue weighted by molar-refractivity contribution is 7.88. The lowest BCUT2D eigenvalue weighted by molar-refractivity contribution is 0.0921. The Balaban J connectivity index is 2.10. The number of aromatic nitrogens is 1. The Kier molecular flexibility index (Phi) is 4.73. The van der Waals surface area contributed by atoms with Crippen molar-refractivity contribution in [2.45, 2.75) is 25.8 Å². The van der Waals surface area contributed by atoms with Crippen LogP contribution < -0.4 is 5.32 Å². The Morgan fingerprint density at radius 1 is 1.43 bits per heavy atom. The molecule has 7 heteroatoms. The monoisotopic (exact) mass is 313 g/mol. The molecule has 0 saturated carbocycles. The summed E-state index contributed by atoms with van der Waals surface area (Å²) in [5.41, 5.74) is 0.586. The molecule has 21 heavy (non-hydrogen) atoms. The lowest BCUT2D eigenvalue weighted by Gasteiger charge is -2.19. The Labute approximate surface area is 126 Å². The van der Waals surface area contributed by atoms with Gasteiger partial charge < -0.3 is 9.88 Å². The maximum absolute atomic E-state index is 12.3. The molecular formula is C14H23N3O3S. The zero-order valence-electron chi connectivity index (χ0n) is 12.7. The van der Waals surface area contributed by atoms with Gasteiger partial charge in [-0.15, -0.1) is 0 Å². The molecule has 0 radical (unpaired) electrons. The third kappa shape index (κ3) is 3.65. The van der Waals surface area contributed by atoms with Crippen LogP contribution in [0.2, 0.25) is 0 Å². The number of amides is 1. The summed E-state index contributed by atoms with van der Waals surface area (Å²) in [7, 11) is -1.39. The Hall–Kier alpha value is -1.34. The van der Waals surface area contributed by atoms with Crippen molar-refractivity contribution in [3.05, 3.63) is 24.0 Å². The average Bonchev–Trinajstić information content (AvgIpc) is 2.96. The summed E-state index contributed by atoms with van der Waals surface area (Å²) in [5.74, 6) is 0.0258. The molecule has 1 aliphatic heterocycles. The maximum atomic E-state index is 12.3. The first-order chi connectivity index (χ1) is 9.82. The van der Waals surface area contributed by atoms with Crippen LogP contribution in [0, 0.1) is 5.92 Å². The fourth-order valence-corrected chi connectivity index (χ4v) is 3.76. The summed E-state index contributed by atoms with van der Waals surface area (Å²) < 4.78 is 26.6. The van der Waals surface area contributed by atoms with Crippen LogP contribution in [0.4, 0.5) is 0 Å². The molecule has 0 spiro atoms. The number of carbonyl (C=O) groups excluding carboxylic acids is 1. The van der Waals surface area contributed by atoms with Gasteiger partial charge in [0.15, 0.2) is 0 Å². The van der Waals surface area contributed by atoms with Crippen LogP contribution in [0.5, 0.6) is 0 Å². The van der Waals surface area contributed by atoms with Crippen LogP contribution in [0.15, 0.2) is 18.3 Å². The van der Waals surface area contributed by atoms with Crippen molar-refractivity contribution in [2.24, 2.45) is 13.0 Å². The van der Waals surface area contributed by atoms with Crippen molar-refractivity contribution in [2.75, 3.05) is 19.3 Å². The van der Waals surface area contributed by atoms with Gasteiger partial charge in [-0.2, -0.15) is 4.31 Å². The van der Waals surface area contributed by atoms with E-state index < -0.39 is 10.0 Å². The predicted molar refractivity (Wildman–Crippen MR) is 81.5 cm³/mol. The first kappa shape index (κ1) is 16.0. The van der Waals surface area contributed by atoms with E-state index in [9.17, 15) is 13.2 Å². The van der Waals surface area contributed by atoms with Crippen molar-refractivity contribution >= 4 is 15.9 Å². The molecule has 1 amide bonds. The number of aryl methyl sites for hydroxylation is 1. The highest BCUT2D eigenvalue weighted by Crippen LogP contribution is 2.24. The number of nitrogens with one attached hydrogen (secondary N) is 1. The summed E-state index contributed by atoms with van der Waals surface area (Å²) in [6.45, 7) is 2.92. The van der Waals surface area contributed by atoms with Gasteiger partial charge in [-0.05, 0) is 24.5 Å². The topological polar surface area (TPSA) is 71.4 Å². The summed E-state index contributed by atoms with van der Waals surface area (Å²) in [4.78, 5) is 12.3. The SMILES string of the molecule is CCC[C@H]1CN(S(C)(=O)=O)C[C@@H]1NC(=O)c1cccn1C. The van der Waals surface area contributed by atoms with Crippen molar-refractivity contribution in [3.8, 4) is 0 Å². The van der Waals surface area contributed by atoms with E-state index in [1.54, 1.807) is 10.6 Å². The quantitative estimate of drug-likeness (QED) is 0.874. The molecule has 0 aliphatic carbocycles. The number of nitrogens with zero attached hydrogens (tertiary/aromatic N) is 2. The minimum absolute atomic E-state index is 0.123. The third-order valence-electron chi connectivity index (χ3n) is 4.03. The van der Waals surface area contributed by atoms with E-state index in [4.69, 9.17) is 0 Å². The van der Waals surface area contributed by atoms with Crippen LogP contribution in [-0.4, -0.2) is 48.6 Å². The molecular weight excluding hydrogens is 290 g/mol. The van der Waals surface area contributed by atoms with Crippen molar-refractivity contribution in [3.63, 3.8) is 0 Å². The van der Waals surface area contributed by atoms with E-state index in [0.717, 1.165) is 12.8 Å². The molecule has 118 valence electrons. The molecule has 1 saturated heterocycles. The van der Waals surface area contributed by atoms with Gasteiger partial charge in [0.05, 0.1) is 6.26 Å². The second kappa shape index (κ2) is 6.19. The standard InChI is InChI=1S/C14H23N3O3S/c1-4-6-11-9-17(21(3,19)20)10-12(11)15-14(18)13-7-5-8-16(13)2/h5,7-8,11-12H,4,6,9-10H2,1-3H3,(H,15,18)/t11-,12-/m0/s1. The van der Waals surface area contributed by atoms with Crippen molar-refractivity contribution in [1.29, 1.82) is 0 Å². The Morgan fingerprint density at radius 3 is 2.67 bits per heavy atom. The molecule has 6 nitrogen and oxygen atoms in total. The highest BCUT2D eigenvalue weighted by Gasteiger charge is 2.37. The lowest BCUT2D eigenvalue weighted by atomic mass is 9.98. The first-order valence-electron chi connectivity index (χ1n) is 7.20. The maximum Gasteiger partial charge on any atom is 0.268 e. The minimum Gasteiger partial charge on any atom is -0.347 e. The minimum atomic E-state index is -3.21. The van der Waals surface area contributed by atoms with Crippen LogP contribution in [0.1, 0.15) is 30.3 Å². The van der Waals surface area contributed by atoms with E-state index in [0.29, 0.717) is 18.8 Å². The molecule has 2 atom stereocenters. The van der Waals surface area contributed by atoms with Gasteiger partial charge >= 0.3 is 0 Å². The third-order valence-corrected chi connectivity index (χ3v) is 5.27. The lowest BCUT2D eigenvalue weighted by Crippen LogP contribution is -2.41. The molecule has 1 N–H and O–H groups in total. The van der Waals surface area contributed by atoms with E-state index in [2.05, 4.69) is 12.2 Å². The van der Waals surface area contributed by atoms with Crippen LogP contribution in [-0.2, 0) is 17.1 Å². The van der Waals surface area contributed by atoms with E-state index in [-0.39, 0.29) is 17.9 Å². The normalized spacial score (nSPS) is 23.4. The highest BCUT2D eigenvalue weighted by atomic mass is 32.2. The van der Waals surface area contributed by atoms with E-state index in [1.807, 2.05) is 19.3 Å². The fourth-order valence-electron chi connectivity index (χ4n) is 2.87. The molecule has 1 aromatic heterocycles. The molecule has 1 aliphatic rings. The molecule has 0 bridgehead atoms. The van der Waals surface area contributed by atoms with Gasteiger partial charge in [0.1, 0.15) is 5.69 Å². The van der Waals surface area contributed by atoms with Gasteiger partial charge in [-0.3, -0.25) is 4.79 Å². The second-order valence-electron chi connectivity index (χ2n) is 5.71. The van der Waals surface area contributed by atoms with Crippen molar-refractivity contribution in [1.82, 2.24) is 14.2 Å². The van der Waals surface area contributed by atoms with Gasteiger partial charge in [0.25, 0.3) is 5.91 Å². The Bertz CT molecular complexity index is 609. The van der Waals surface area contributed by atoms with Gasteiger partial charge in [0, 0.05) is 32.4 Å². The van der Waals surface area contributed by atoms with Crippen LogP contribution >= 0.6 is 0 Å². The summed E-state index contributed by atoms with van der Waals surface area (Å²) in [5, 5.41) is 2.99. The smallest absolute Gasteiger partial charge is 0.268 e. The zero-order valence-corrected chi connectivity index (χ0v) is 13.6. The molecule has 0 unspecified atom stereocenters. The van der Waals surface area contributed by atoms with Gasteiger partial charge in [-0.25, -0.2) is 8.42 Å². The van der Waals surface area contributed by atoms with Crippen LogP contribution in [0.25, 0.3) is 0 Å². The number of hydrogen-bond donors (Lipinski definition) is 1. The number of carbonyl (C=O) groups is 1. The van der Waals surface area contributed by atoms with E-state index >= 15 is 0 Å².